The van der Waals surface area contributed by atoms with E-state index >= 15 is 0 Å². The Bertz CT molecular complexity index is 756. The minimum Gasteiger partial charge on any atom is -0.485 e. The van der Waals surface area contributed by atoms with E-state index in [1.165, 1.54) is 0 Å². The van der Waals surface area contributed by atoms with Crippen LogP contribution in [0.1, 0.15) is 31.0 Å². The van der Waals surface area contributed by atoms with Crippen LogP contribution in [0.25, 0.3) is 0 Å². The molecule has 8 heteroatoms. The van der Waals surface area contributed by atoms with Crippen molar-refractivity contribution in [3.63, 3.8) is 0 Å². The summed E-state index contributed by atoms with van der Waals surface area (Å²) in [7, 11) is 0. The van der Waals surface area contributed by atoms with E-state index in [-0.39, 0.29) is 25.7 Å². The molecule has 2 aliphatic rings. The van der Waals surface area contributed by atoms with Crippen LogP contribution in [-0.2, 0) is 4.79 Å². The number of carbonyl (C=O) groups excluding carboxylic acids is 1. The lowest BCUT2D eigenvalue weighted by atomic mass is 9.84. The van der Waals surface area contributed by atoms with Gasteiger partial charge in [-0.25, -0.2) is 0 Å². The van der Waals surface area contributed by atoms with Crippen LogP contribution in [0.4, 0.5) is 0 Å². The first-order chi connectivity index (χ1) is 12.8. The first-order valence-corrected chi connectivity index (χ1v) is 8.98. The average Bonchev–Trinajstić information content (AvgIpc) is 2.64. The first-order valence-electron chi connectivity index (χ1n) is 8.98. The molecule has 0 spiro atoms. The Morgan fingerprint density at radius 3 is 2.63 bits per heavy atom. The van der Waals surface area contributed by atoms with Gasteiger partial charge in [-0.05, 0) is 32.0 Å². The standard InChI is InChI=1S/C19H25N3O5/c1-19(2)18(26)17(14-7-12(8-20)3-4-15(14)27-19)22-6-5-21(9-16(22)25)13(10-23)11-24/h3-4,7,13,17-18,23-24,26H,5-6,9-11H2,1-2H3/t17-,18+/m1/s1. The van der Waals surface area contributed by atoms with E-state index in [4.69, 9.17) is 4.74 Å². The van der Waals surface area contributed by atoms with Crippen LogP contribution in [0, 0.1) is 11.3 Å². The monoisotopic (exact) mass is 375 g/mol. The van der Waals surface area contributed by atoms with Crippen LogP contribution >= 0.6 is 0 Å². The molecule has 0 bridgehead atoms. The molecule has 1 amide bonds. The predicted molar refractivity (Wildman–Crippen MR) is 95.9 cm³/mol. The fourth-order valence-corrected chi connectivity index (χ4v) is 3.77. The van der Waals surface area contributed by atoms with Gasteiger partial charge in [0, 0.05) is 18.7 Å². The average molecular weight is 375 g/mol. The molecular formula is C19H25N3O5. The van der Waals surface area contributed by atoms with Gasteiger partial charge in [-0.2, -0.15) is 5.26 Å². The van der Waals surface area contributed by atoms with E-state index in [0.717, 1.165) is 0 Å². The third kappa shape index (κ3) is 3.51. The Morgan fingerprint density at radius 1 is 1.33 bits per heavy atom. The van der Waals surface area contributed by atoms with Gasteiger partial charge >= 0.3 is 0 Å². The summed E-state index contributed by atoms with van der Waals surface area (Å²) in [6.45, 7) is 3.92. The lowest BCUT2D eigenvalue weighted by molar-refractivity contribution is -0.152. The van der Waals surface area contributed by atoms with E-state index in [0.29, 0.717) is 30.0 Å². The maximum Gasteiger partial charge on any atom is 0.237 e. The zero-order valence-corrected chi connectivity index (χ0v) is 15.5. The van der Waals surface area contributed by atoms with E-state index < -0.39 is 23.8 Å². The quantitative estimate of drug-likeness (QED) is 0.657. The third-order valence-electron chi connectivity index (χ3n) is 5.40. The van der Waals surface area contributed by atoms with Crippen molar-refractivity contribution >= 4 is 5.91 Å². The maximum absolute atomic E-state index is 12.9. The zero-order valence-electron chi connectivity index (χ0n) is 15.5. The second-order valence-electron chi connectivity index (χ2n) is 7.54. The van der Waals surface area contributed by atoms with E-state index in [1.54, 1.807) is 41.8 Å². The Balaban J connectivity index is 1.94. The highest BCUT2D eigenvalue weighted by Gasteiger charge is 2.47. The smallest absolute Gasteiger partial charge is 0.237 e. The number of amides is 1. The van der Waals surface area contributed by atoms with Gasteiger partial charge in [0.1, 0.15) is 17.5 Å². The summed E-state index contributed by atoms with van der Waals surface area (Å²) in [5.74, 6) is 0.344. The number of nitrogens with zero attached hydrogens (tertiary/aromatic N) is 3. The molecular weight excluding hydrogens is 350 g/mol. The molecule has 0 aliphatic carbocycles. The second-order valence-corrected chi connectivity index (χ2v) is 7.54. The molecule has 1 fully saturated rings. The van der Waals surface area contributed by atoms with Gasteiger partial charge in [-0.15, -0.1) is 0 Å². The Hall–Kier alpha value is -2.18. The summed E-state index contributed by atoms with van der Waals surface area (Å²) in [5, 5.41) is 38.9. The van der Waals surface area contributed by atoms with Crippen LogP contribution < -0.4 is 4.74 Å². The minimum atomic E-state index is -0.971. The van der Waals surface area contributed by atoms with Crippen molar-refractivity contribution in [1.29, 1.82) is 5.26 Å². The summed E-state index contributed by atoms with van der Waals surface area (Å²) < 4.78 is 5.91. The van der Waals surface area contributed by atoms with Crippen LogP contribution in [0.3, 0.4) is 0 Å². The van der Waals surface area contributed by atoms with Gasteiger partial charge in [0.05, 0.1) is 43.5 Å². The summed E-state index contributed by atoms with van der Waals surface area (Å²) in [4.78, 5) is 16.2. The molecule has 2 atom stereocenters. The molecule has 27 heavy (non-hydrogen) atoms. The lowest BCUT2D eigenvalue weighted by Crippen LogP contribution is -2.61. The van der Waals surface area contributed by atoms with Crippen LogP contribution in [0.2, 0.25) is 0 Å². The normalized spacial score (nSPS) is 25.1. The number of aliphatic hydroxyl groups excluding tert-OH is 3. The molecule has 0 unspecified atom stereocenters. The van der Waals surface area contributed by atoms with Crippen LogP contribution in [0.15, 0.2) is 18.2 Å². The predicted octanol–water partition coefficient (Wildman–Crippen LogP) is -0.371. The number of piperazine rings is 1. The number of fused-ring (bicyclic) bond motifs is 1. The molecule has 1 aromatic rings. The van der Waals surface area contributed by atoms with Gasteiger partial charge in [-0.3, -0.25) is 9.69 Å². The molecule has 1 aromatic carbocycles. The molecule has 1 saturated heterocycles. The van der Waals surface area contributed by atoms with Gasteiger partial charge in [0.15, 0.2) is 0 Å². The zero-order chi connectivity index (χ0) is 19.8. The summed E-state index contributed by atoms with van der Waals surface area (Å²) in [6.07, 6.45) is -0.971. The first kappa shape index (κ1) is 19.6. The van der Waals surface area contributed by atoms with Crippen molar-refractivity contribution in [1.82, 2.24) is 9.80 Å². The molecule has 2 heterocycles. The molecule has 3 N–H and O–H groups in total. The van der Waals surface area contributed by atoms with E-state index in [1.807, 2.05) is 0 Å². The summed E-state index contributed by atoms with van der Waals surface area (Å²) in [5.41, 5.74) is 0.145. The number of ether oxygens (including phenoxy) is 1. The number of hydrogen-bond donors (Lipinski definition) is 3. The van der Waals surface area contributed by atoms with Crippen LogP contribution in [0.5, 0.6) is 5.75 Å². The highest BCUT2D eigenvalue weighted by Crippen LogP contribution is 2.43. The van der Waals surface area contributed by atoms with Crippen molar-refractivity contribution < 1.29 is 24.9 Å². The van der Waals surface area contributed by atoms with Crippen LogP contribution in [-0.4, -0.2) is 81.6 Å². The number of nitriles is 1. The van der Waals surface area contributed by atoms with Crippen molar-refractivity contribution in [2.75, 3.05) is 32.8 Å². The maximum atomic E-state index is 12.9. The Morgan fingerprint density at radius 2 is 2.04 bits per heavy atom. The fraction of sp³-hybridized carbons (Fsp3) is 0.579. The molecule has 3 rings (SSSR count). The largest absolute Gasteiger partial charge is 0.485 e. The molecule has 0 radical (unpaired) electrons. The highest BCUT2D eigenvalue weighted by molar-refractivity contribution is 5.80. The number of rotatable bonds is 4. The number of aliphatic hydroxyl groups is 3. The minimum absolute atomic E-state index is 0.0452. The molecule has 146 valence electrons. The Kier molecular flexibility index (Phi) is 5.40. The molecule has 2 aliphatic heterocycles. The SMILES string of the molecule is CC1(C)Oc2ccc(C#N)cc2[C@@H](N2CCN(C(CO)CO)CC2=O)[C@@H]1O. The van der Waals surface area contributed by atoms with Gasteiger partial charge < -0.3 is 25.0 Å². The molecule has 8 nitrogen and oxygen atoms in total. The van der Waals surface area contributed by atoms with Gasteiger partial charge in [0.25, 0.3) is 0 Å². The Labute approximate surface area is 158 Å². The second kappa shape index (κ2) is 7.44. The lowest BCUT2D eigenvalue weighted by Gasteiger charge is -2.48. The number of benzene rings is 1. The van der Waals surface area contributed by atoms with Crippen molar-refractivity contribution in [3.05, 3.63) is 29.3 Å². The number of carbonyl (C=O) groups is 1. The highest BCUT2D eigenvalue weighted by atomic mass is 16.5. The fourth-order valence-electron chi connectivity index (χ4n) is 3.77. The van der Waals surface area contributed by atoms with Gasteiger partial charge in [0.2, 0.25) is 5.91 Å². The summed E-state index contributed by atoms with van der Waals surface area (Å²) >= 11 is 0. The third-order valence-corrected chi connectivity index (χ3v) is 5.40. The summed E-state index contributed by atoms with van der Waals surface area (Å²) in [6, 6.07) is 5.97. The van der Waals surface area contributed by atoms with Gasteiger partial charge in [-0.1, -0.05) is 0 Å². The van der Waals surface area contributed by atoms with Crippen molar-refractivity contribution in [3.8, 4) is 11.8 Å². The molecule has 0 aromatic heterocycles. The van der Waals surface area contributed by atoms with Crippen molar-refractivity contribution in [2.45, 2.75) is 37.6 Å². The van der Waals surface area contributed by atoms with E-state index in [9.17, 15) is 25.4 Å². The topological polar surface area (TPSA) is 117 Å². The van der Waals surface area contributed by atoms with E-state index in [2.05, 4.69) is 6.07 Å². The molecule has 0 saturated carbocycles. The van der Waals surface area contributed by atoms with Crippen molar-refractivity contribution in [2.24, 2.45) is 0 Å². The number of hydrogen-bond acceptors (Lipinski definition) is 7.